The first-order valence-corrected chi connectivity index (χ1v) is 4.34. The molecule has 1 unspecified atom stereocenters. The molecule has 0 aromatic heterocycles. The molecule has 14 heavy (non-hydrogen) atoms. The number of carbonyl (C=O) groups is 1. The number of allylic oxidation sites excluding steroid dienone is 3. The van der Waals surface area contributed by atoms with Crippen LogP contribution in [-0.4, -0.2) is 16.6 Å². The molecular formula is C10H16FNO2. The molecule has 4 heteroatoms. The summed E-state index contributed by atoms with van der Waals surface area (Å²) in [4.78, 5) is 10.7. The second-order valence-corrected chi connectivity index (χ2v) is 3.35. The summed E-state index contributed by atoms with van der Waals surface area (Å²) in [5.41, 5.74) is 4.39. The fourth-order valence-corrected chi connectivity index (χ4v) is 0.981. The molecule has 3 N–H and O–H groups in total. The van der Waals surface area contributed by atoms with Crippen LogP contribution in [0.1, 0.15) is 27.2 Å². The normalized spacial score (nSPS) is 17.8. The highest BCUT2D eigenvalue weighted by Crippen LogP contribution is 2.21. The smallest absolute Gasteiger partial charge is 0.323 e. The average Bonchev–Trinajstić information content (AvgIpc) is 2.12. The van der Waals surface area contributed by atoms with Crippen LogP contribution in [0.2, 0.25) is 0 Å². The van der Waals surface area contributed by atoms with Gasteiger partial charge in [0.05, 0.1) is 0 Å². The molecule has 0 fully saturated rings. The second-order valence-electron chi connectivity index (χ2n) is 3.35. The fraction of sp³-hybridized carbons (Fsp3) is 0.500. The van der Waals surface area contributed by atoms with E-state index in [0.717, 1.165) is 0 Å². The third kappa shape index (κ3) is 3.30. The first kappa shape index (κ1) is 12.8. The lowest BCUT2D eigenvalue weighted by molar-refractivity contribution is -0.142. The van der Waals surface area contributed by atoms with Crippen molar-refractivity contribution in [1.29, 1.82) is 0 Å². The number of aliphatic carboxylic acids is 1. The maximum Gasteiger partial charge on any atom is 0.323 e. The zero-order valence-electron chi connectivity index (χ0n) is 8.67. The molecule has 0 aliphatic carbocycles. The molecule has 0 amide bonds. The highest BCUT2D eigenvalue weighted by atomic mass is 19.1. The minimum absolute atomic E-state index is 0.0188. The Morgan fingerprint density at radius 3 is 2.29 bits per heavy atom. The standard InChI is InChI=1S/C10H16FNO2/c1-4-7(8(11)5-2)6-10(3,12)9(13)14/h4-5H,6,12H2,1-3H3,(H,13,14)/b7-4-,8-5+. The Morgan fingerprint density at radius 1 is 1.50 bits per heavy atom. The van der Waals surface area contributed by atoms with Gasteiger partial charge in [0.15, 0.2) is 0 Å². The maximum absolute atomic E-state index is 13.1. The average molecular weight is 201 g/mol. The van der Waals surface area contributed by atoms with Gasteiger partial charge in [0.25, 0.3) is 0 Å². The highest BCUT2D eigenvalue weighted by Gasteiger charge is 2.29. The Labute approximate surface area is 83.1 Å². The number of hydrogen-bond donors (Lipinski definition) is 2. The molecule has 0 saturated heterocycles. The van der Waals surface area contributed by atoms with Gasteiger partial charge in [0.2, 0.25) is 0 Å². The molecule has 3 nitrogen and oxygen atoms in total. The van der Waals surface area contributed by atoms with Crippen molar-refractivity contribution in [2.24, 2.45) is 5.73 Å². The van der Waals surface area contributed by atoms with Gasteiger partial charge in [0, 0.05) is 6.42 Å². The van der Waals surface area contributed by atoms with Crippen LogP contribution in [0.3, 0.4) is 0 Å². The fourth-order valence-electron chi connectivity index (χ4n) is 0.981. The number of hydrogen-bond acceptors (Lipinski definition) is 2. The van der Waals surface area contributed by atoms with Crippen LogP contribution in [0.15, 0.2) is 23.6 Å². The van der Waals surface area contributed by atoms with Gasteiger partial charge in [-0.05, 0) is 26.3 Å². The van der Waals surface area contributed by atoms with E-state index >= 15 is 0 Å². The van der Waals surface area contributed by atoms with Crippen molar-refractivity contribution in [3.8, 4) is 0 Å². The Morgan fingerprint density at radius 2 is 2.00 bits per heavy atom. The van der Waals surface area contributed by atoms with E-state index < -0.39 is 17.3 Å². The predicted molar refractivity (Wildman–Crippen MR) is 53.5 cm³/mol. The van der Waals surface area contributed by atoms with Gasteiger partial charge in [-0.25, -0.2) is 4.39 Å². The van der Waals surface area contributed by atoms with Crippen LogP contribution in [0.25, 0.3) is 0 Å². The quantitative estimate of drug-likeness (QED) is 0.684. The second kappa shape index (κ2) is 4.91. The van der Waals surface area contributed by atoms with Crippen LogP contribution in [0, 0.1) is 0 Å². The van der Waals surface area contributed by atoms with Crippen molar-refractivity contribution in [3.05, 3.63) is 23.6 Å². The van der Waals surface area contributed by atoms with Gasteiger partial charge in [0.1, 0.15) is 11.4 Å². The summed E-state index contributed by atoms with van der Waals surface area (Å²) >= 11 is 0. The summed E-state index contributed by atoms with van der Waals surface area (Å²) < 4.78 is 13.1. The lowest BCUT2D eigenvalue weighted by Gasteiger charge is -2.20. The molecule has 0 saturated carbocycles. The van der Waals surface area contributed by atoms with E-state index in [1.54, 1.807) is 13.8 Å². The molecule has 0 aromatic rings. The van der Waals surface area contributed by atoms with Gasteiger partial charge in [-0.1, -0.05) is 12.2 Å². The summed E-state index contributed by atoms with van der Waals surface area (Å²) in [5, 5.41) is 8.75. The molecule has 0 rings (SSSR count). The van der Waals surface area contributed by atoms with Crippen LogP contribution >= 0.6 is 0 Å². The highest BCUT2D eigenvalue weighted by molar-refractivity contribution is 5.78. The number of nitrogens with two attached hydrogens (primary N) is 1. The van der Waals surface area contributed by atoms with Gasteiger partial charge in [-0.2, -0.15) is 0 Å². The van der Waals surface area contributed by atoms with Crippen LogP contribution < -0.4 is 5.73 Å². The molecule has 80 valence electrons. The Balaban J connectivity index is 4.74. The minimum atomic E-state index is -1.43. The lowest BCUT2D eigenvalue weighted by Crippen LogP contribution is -2.45. The number of rotatable bonds is 4. The van der Waals surface area contributed by atoms with E-state index in [9.17, 15) is 9.18 Å². The monoisotopic (exact) mass is 201 g/mol. The van der Waals surface area contributed by atoms with Gasteiger partial charge >= 0.3 is 5.97 Å². The number of halogens is 1. The van der Waals surface area contributed by atoms with Gasteiger partial charge < -0.3 is 10.8 Å². The van der Waals surface area contributed by atoms with Gasteiger partial charge in [-0.3, -0.25) is 4.79 Å². The third-order valence-corrected chi connectivity index (χ3v) is 1.95. The topological polar surface area (TPSA) is 63.3 Å². The predicted octanol–water partition coefficient (Wildman–Crippen LogP) is 2.00. The Kier molecular flexibility index (Phi) is 4.50. The van der Waals surface area contributed by atoms with E-state index in [2.05, 4.69) is 0 Å². The maximum atomic E-state index is 13.1. The van der Waals surface area contributed by atoms with Crippen molar-refractivity contribution in [2.75, 3.05) is 0 Å². The molecule has 0 spiro atoms. The summed E-state index contributed by atoms with van der Waals surface area (Å²) in [6.45, 7) is 4.56. The molecule has 0 heterocycles. The van der Waals surface area contributed by atoms with Gasteiger partial charge in [-0.15, -0.1) is 0 Å². The van der Waals surface area contributed by atoms with E-state index in [-0.39, 0.29) is 6.42 Å². The van der Waals surface area contributed by atoms with E-state index in [1.165, 1.54) is 19.1 Å². The number of carboxylic acid groups (broad SMARTS) is 1. The Hall–Kier alpha value is -1.16. The van der Waals surface area contributed by atoms with E-state index in [1.807, 2.05) is 0 Å². The minimum Gasteiger partial charge on any atom is -0.480 e. The van der Waals surface area contributed by atoms with Crippen molar-refractivity contribution < 1.29 is 14.3 Å². The summed E-state index contributed by atoms with van der Waals surface area (Å²) in [7, 11) is 0. The summed E-state index contributed by atoms with van der Waals surface area (Å²) in [6.07, 6.45) is 2.80. The molecular weight excluding hydrogens is 185 g/mol. The molecule has 0 aliphatic rings. The lowest BCUT2D eigenvalue weighted by atomic mass is 9.93. The molecule has 0 aromatic carbocycles. The van der Waals surface area contributed by atoms with Crippen molar-refractivity contribution in [1.82, 2.24) is 0 Å². The zero-order chi connectivity index (χ0) is 11.4. The van der Waals surface area contributed by atoms with Crippen molar-refractivity contribution in [2.45, 2.75) is 32.7 Å². The first-order chi connectivity index (χ1) is 6.35. The summed E-state index contributed by atoms with van der Waals surface area (Å²) in [6, 6.07) is 0. The van der Waals surface area contributed by atoms with E-state index in [0.29, 0.717) is 5.57 Å². The van der Waals surface area contributed by atoms with Crippen LogP contribution in [0.4, 0.5) is 4.39 Å². The molecule has 1 atom stereocenters. The van der Waals surface area contributed by atoms with Crippen molar-refractivity contribution in [3.63, 3.8) is 0 Å². The van der Waals surface area contributed by atoms with E-state index in [4.69, 9.17) is 10.8 Å². The summed E-state index contributed by atoms with van der Waals surface area (Å²) in [5.74, 6) is -1.56. The SMILES string of the molecule is C/C=C(CC(C)(N)C(=O)O)\C(F)=C/C. The number of carboxylic acids is 1. The molecule has 0 bridgehead atoms. The first-order valence-electron chi connectivity index (χ1n) is 4.34. The van der Waals surface area contributed by atoms with Crippen LogP contribution in [0.5, 0.6) is 0 Å². The van der Waals surface area contributed by atoms with Crippen LogP contribution in [-0.2, 0) is 4.79 Å². The van der Waals surface area contributed by atoms with Crippen molar-refractivity contribution >= 4 is 5.97 Å². The largest absolute Gasteiger partial charge is 0.480 e. The zero-order valence-corrected chi connectivity index (χ0v) is 8.67. The molecule has 0 aliphatic heterocycles. The Bertz CT molecular complexity index is 280. The third-order valence-electron chi connectivity index (χ3n) is 1.95. The molecule has 0 radical (unpaired) electrons.